The highest BCUT2D eigenvalue weighted by molar-refractivity contribution is 6.06. The van der Waals surface area contributed by atoms with Crippen LogP contribution in [0.5, 0.6) is 0 Å². The van der Waals surface area contributed by atoms with Crippen molar-refractivity contribution in [3.8, 4) is 11.4 Å². The van der Waals surface area contributed by atoms with E-state index in [1.807, 2.05) is 31.2 Å². The Morgan fingerprint density at radius 1 is 1.27 bits per heavy atom. The lowest BCUT2D eigenvalue weighted by Gasteiger charge is -2.14. The number of aromatic nitrogens is 2. The Labute approximate surface area is 127 Å². The first-order chi connectivity index (χ1) is 10.4. The number of hydrogen-bond donors (Lipinski definition) is 1. The van der Waals surface area contributed by atoms with E-state index in [9.17, 15) is 9.59 Å². The van der Waals surface area contributed by atoms with Gasteiger partial charge in [-0.3, -0.25) is 9.69 Å². The molecule has 1 fully saturated rings. The van der Waals surface area contributed by atoms with E-state index in [1.165, 1.54) is 0 Å². The first-order valence-corrected chi connectivity index (χ1v) is 6.91. The third-order valence-corrected chi connectivity index (χ3v) is 3.59. The van der Waals surface area contributed by atoms with Crippen LogP contribution in [0.4, 0.5) is 4.79 Å². The van der Waals surface area contributed by atoms with Crippen LogP contribution < -0.4 is 5.32 Å². The molecule has 3 amide bonds. The number of nitrogens with one attached hydrogen (secondary N) is 1. The fourth-order valence-corrected chi connectivity index (χ4v) is 2.35. The van der Waals surface area contributed by atoms with Gasteiger partial charge in [-0.05, 0) is 26.3 Å². The molecule has 0 spiro atoms. The van der Waals surface area contributed by atoms with Gasteiger partial charge >= 0.3 is 6.03 Å². The SMILES string of the molecule is Cc1ccccc1-c1noc(CN2C(=O)NC(C)(C)C2=O)n1. The maximum atomic E-state index is 12.1. The summed E-state index contributed by atoms with van der Waals surface area (Å²) in [6, 6.07) is 7.20. The molecule has 0 aliphatic carbocycles. The number of carbonyl (C=O) groups excluding carboxylic acids is 2. The Bertz CT molecular complexity index is 751. The molecule has 7 nitrogen and oxygen atoms in total. The van der Waals surface area contributed by atoms with Gasteiger partial charge in [0.25, 0.3) is 5.91 Å². The maximum absolute atomic E-state index is 12.1. The van der Waals surface area contributed by atoms with E-state index in [0.29, 0.717) is 5.82 Å². The van der Waals surface area contributed by atoms with E-state index in [1.54, 1.807) is 13.8 Å². The highest BCUT2D eigenvalue weighted by Crippen LogP contribution is 2.22. The van der Waals surface area contributed by atoms with Gasteiger partial charge in [0.15, 0.2) is 0 Å². The van der Waals surface area contributed by atoms with Crippen molar-refractivity contribution in [2.45, 2.75) is 32.9 Å². The number of amides is 3. The van der Waals surface area contributed by atoms with Crippen LogP contribution in [-0.4, -0.2) is 32.5 Å². The molecule has 0 atom stereocenters. The summed E-state index contributed by atoms with van der Waals surface area (Å²) in [6.07, 6.45) is 0. The Balaban J connectivity index is 1.83. The molecule has 1 aromatic carbocycles. The lowest BCUT2D eigenvalue weighted by Crippen LogP contribution is -2.40. The Morgan fingerprint density at radius 2 is 2.00 bits per heavy atom. The van der Waals surface area contributed by atoms with E-state index in [-0.39, 0.29) is 18.3 Å². The zero-order chi connectivity index (χ0) is 15.9. The van der Waals surface area contributed by atoms with Gasteiger partial charge in [-0.2, -0.15) is 4.98 Å². The molecule has 1 N–H and O–H groups in total. The molecule has 22 heavy (non-hydrogen) atoms. The van der Waals surface area contributed by atoms with Crippen molar-refractivity contribution in [3.05, 3.63) is 35.7 Å². The monoisotopic (exact) mass is 300 g/mol. The maximum Gasteiger partial charge on any atom is 0.325 e. The van der Waals surface area contributed by atoms with Gasteiger partial charge in [0.05, 0.1) is 0 Å². The van der Waals surface area contributed by atoms with Gasteiger partial charge in [-0.15, -0.1) is 0 Å². The third-order valence-electron chi connectivity index (χ3n) is 3.59. The molecule has 0 bridgehead atoms. The molecule has 1 saturated heterocycles. The van der Waals surface area contributed by atoms with Crippen molar-refractivity contribution >= 4 is 11.9 Å². The van der Waals surface area contributed by atoms with Crippen LogP contribution in [0, 0.1) is 6.92 Å². The summed E-state index contributed by atoms with van der Waals surface area (Å²) < 4.78 is 5.17. The van der Waals surface area contributed by atoms with Crippen LogP contribution in [0.25, 0.3) is 11.4 Å². The Hall–Kier alpha value is -2.70. The normalized spacial score (nSPS) is 17.0. The van der Waals surface area contributed by atoms with Gasteiger partial charge in [0.1, 0.15) is 12.1 Å². The summed E-state index contributed by atoms with van der Waals surface area (Å²) in [5, 5.41) is 6.53. The number of aryl methyl sites for hydroxylation is 1. The number of carbonyl (C=O) groups is 2. The van der Waals surface area contributed by atoms with E-state index < -0.39 is 11.6 Å². The molecule has 3 rings (SSSR count). The smallest absolute Gasteiger partial charge is 0.325 e. The van der Waals surface area contributed by atoms with Gasteiger partial charge in [0.2, 0.25) is 11.7 Å². The van der Waals surface area contributed by atoms with Crippen LogP contribution >= 0.6 is 0 Å². The van der Waals surface area contributed by atoms with E-state index in [0.717, 1.165) is 16.0 Å². The number of hydrogen-bond acceptors (Lipinski definition) is 5. The first kappa shape index (κ1) is 14.2. The molecule has 0 unspecified atom stereocenters. The number of urea groups is 1. The minimum absolute atomic E-state index is 0.0347. The number of imide groups is 1. The van der Waals surface area contributed by atoms with Crippen LogP contribution in [0.1, 0.15) is 25.3 Å². The molecule has 7 heteroatoms. The molecule has 1 aromatic heterocycles. The molecular formula is C15H16N4O3. The lowest BCUT2D eigenvalue weighted by molar-refractivity contribution is -0.130. The van der Waals surface area contributed by atoms with Crippen molar-refractivity contribution < 1.29 is 14.1 Å². The van der Waals surface area contributed by atoms with Crippen LogP contribution in [0.2, 0.25) is 0 Å². The summed E-state index contributed by atoms with van der Waals surface area (Å²) in [4.78, 5) is 29.3. The van der Waals surface area contributed by atoms with Crippen LogP contribution in [0.3, 0.4) is 0 Å². The molecule has 0 radical (unpaired) electrons. The first-order valence-electron chi connectivity index (χ1n) is 6.91. The molecule has 0 saturated carbocycles. The number of nitrogens with zero attached hydrogens (tertiary/aromatic N) is 3. The highest BCUT2D eigenvalue weighted by Gasteiger charge is 2.44. The topological polar surface area (TPSA) is 88.3 Å². The summed E-state index contributed by atoms with van der Waals surface area (Å²) in [7, 11) is 0. The second-order valence-corrected chi connectivity index (χ2v) is 5.77. The second-order valence-electron chi connectivity index (χ2n) is 5.77. The lowest BCUT2D eigenvalue weighted by atomic mass is 10.1. The summed E-state index contributed by atoms with van der Waals surface area (Å²) >= 11 is 0. The number of rotatable bonds is 3. The van der Waals surface area contributed by atoms with Crippen molar-refractivity contribution in [1.29, 1.82) is 0 Å². The predicted molar refractivity (Wildman–Crippen MR) is 77.6 cm³/mol. The van der Waals surface area contributed by atoms with Crippen molar-refractivity contribution in [2.24, 2.45) is 0 Å². The van der Waals surface area contributed by atoms with Gasteiger partial charge in [0, 0.05) is 5.56 Å². The van der Waals surface area contributed by atoms with Gasteiger partial charge in [-0.1, -0.05) is 29.4 Å². The third kappa shape index (κ3) is 2.34. The average molecular weight is 300 g/mol. The number of benzene rings is 1. The van der Waals surface area contributed by atoms with E-state index in [2.05, 4.69) is 15.5 Å². The standard InChI is InChI=1S/C15H16N4O3/c1-9-6-4-5-7-10(9)12-16-11(22-18-12)8-19-13(20)15(2,3)17-14(19)21/h4-7H,8H2,1-3H3,(H,17,21). The molecular weight excluding hydrogens is 284 g/mol. The molecule has 114 valence electrons. The molecule has 1 aliphatic rings. The molecule has 2 heterocycles. The van der Waals surface area contributed by atoms with Gasteiger partial charge in [-0.25, -0.2) is 4.79 Å². The minimum atomic E-state index is -0.907. The molecule has 2 aromatic rings. The zero-order valence-electron chi connectivity index (χ0n) is 12.6. The zero-order valence-corrected chi connectivity index (χ0v) is 12.6. The van der Waals surface area contributed by atoms with E-state index in [4.69, 9.17) is 4.52 Å². The second kappa shape index (κ2) is 4.94. The quantitative estimate of drug-likeness (QED) is 0.874. The van der Waals surface area contributed by atoms with Crippen LogP contribution in [-0.2, 0) is 11.3 Å². The van der Waals surface area contributed by atoms with Crippen molar-refractivity contribution in [1.82, 2.24) is 20.4 Å². The fraction of sp³-hybridized carbons (Fsp3) is 0.333. The van der Waals surface area contributed by atoms with Crippen LogP contribution in [0.15, 0.2) is 28.8 Å². The summed E-state index contributed by atoms with van der Waals surface area (Å²) in [6.45, 7) is 5.22. The Kier molecular flexibility index (Phi) is 3.20. The van der Waals surface area contributed by atoms with Crippen molar-refractivity contribution in [2.75, 3.05) is 0 Å². The fourth-order valence-electron chi connectivity index (χ4n) is 2.35. The summed E-state index contributed by atoms with van der Waals surface area (Å²) in [5.41, 5.74) is 0.969. The largest absolute Gasteiger partial charge is 0.337 e. The highest BCUT2D eigenvalue weighted by atomic mass is 16.5. The van der Waals surface area contributed by atoms with Gasteiger partial charge < -0.3 is 9.84 Å². The average Bonchev–Trinajstić information content (AvgIpc) is 2.98. The minimum Gasteiger partial charge on any atom is -0.337 e. The Morgan fingerprint density at radius 3 is 2.64 bits per heavy atom. The van der Waals surface area contributed by atoms with E-state index >= 15 is 0 Å². The predicted octanol–water partition coefficient (Wildman–Crippen LogP) is 1.88. The summed E-state index contributed by atoms with van der Waals surface area (Å²) in [5.74, 6) is 0.354. The van der Waals surface area contributed by atoms with Crippen molar-refractivity contribution in [3.63, 3.8) is 0 Å². The molecule has 1 aliphatic heterocycles.